The van der Waals surface area contributed by atoms with Crippen LogP contribution >= 0.6 is 0 Å². The summed E-state index contributed by atoms with van der Waals surface area (Å²) in [6, 6.07) is 9.52. The average Bonchev–Trinajstić information content (AvgIpc) is 3.03. The number of benzene rings is 2. The first kappa shape index (κ1) is 20.2. The highest BCUT2D eigenvalue weighted by molar-refractivity contribution is 7.89. The van der Waals surface area contributed by atoms with Crippen LogP contribution in [0.15, 0.2) is 56.6 Å². The lowest BCUT2D eigenvalue weighted by molar-refractivity contribution is -0.133. The molecule has 0 bridgehead atoms. The first-order valence-corrected chi connectivity index (χ1v) is 10.5. The van der Waals surface area contributed by atoms with Crippen LogP contribution in [0.25, 0.3) is 11.1 Å². The van der Waals surface area contributed by atoms with Crippen LogP contribution < -0.4 is 5.76 Å². The lowest BCUT2D eigenvalue weighted by Crippen LogP contribution is -2.51. The fourth-order valence-corrected chi connectivity index (χ4v) is 4.97. The van der Waals surface area contributed by atoms with Gasteiger partial charge in [-0.25, -0.2) is 22.0 Å². The van der Waals surface area contributed by atoms with Crippen LogP contribution in [0.2, 0.25) is 0 Å². The molecular formula is C19H17F2N3O5S. The summed E-state index contributed by atoms with van der Waals surface area (Å²) in [5.41, 5.74) is 0.838. The molecule has 1 fully saturated rings. The van der Waals surface area contributed by atoms with E-state index in [4.69, 9.17) is 4.42 Å². The van der Waals surface area contributed by atoms with E-state index in [1.807, 2.05) is 0 Å². The highest BCUT2D eigenvalue weighted by atomic mass is 32.2. The van der Waals surface area contributed by atoms with Gasteiger partial charge in [0, 0.05) is 26.2 Å². The number of aromatic nitrogens is 1. The van der Waals surface area contributed by atoms with Crippen LogP contribution in [0.4, 0.5) is 8.78 Å². The number of hydrogen-bond donors (Lipinski definition) is 0. The second-order valence-electron chi connectivity index (χ2n) is 6.76. The molecule has 3 aromatic rings. The van der Waals surface area contributed by atoms with Gasteiger partial charge >= 0.3 is 5.76 Å². The first-order chi connectivity index (χ1) is 14.3. The molecule has 2 aromatic carbocycles. The van der Waals surface area contributed by atoms with Crippen LogP contribution in [0.3, 0.4) is 0 Å². The second kappa shape index (κ2) is 7.65. The van der Waals surface area contributed by atoms with Gasteiger partial charge in [0.05, 0.1) is 5.52 Å². The summed E-state index contributed by atoms with van der Waals surface area (Å²) in [7, 11) is -4.38. The maximum Gasteiger partial charge on any atom is 0.420 e. The monoisotopic (exact) mass is 437 g/mol. The summed E-state index contributed by atoms with van der Waals surface area (Å²) in [5, 5.41) is 0. The number of piperazine rings is 1. The maximum atomic E-state index is 13.9. The molecule has 1 amide bonds. The van der Waals surface area contributed by atoms with Gasteiger partial charge < -0.3 is 9.32 Å². The first-order valence-electron chi connectivity index (χ1n) is 9.09. The molecule has 1 aliphatic rings. The zero-order valence-electron chi connectivity index (χ0n) is 15.6. The largest absolute Gasteiger partial charge is 0.420 e. The lowest BCUT2D eigenvalue weighted by Gasteiger charge is -2.34. The third-order valence-electron chi connectivity index (χ3n) is 4.98. The number of fused-ring (bicyclic) bond motifs is 1. The number of carbonyl (C=O) groups is 1. The van der Waals surface area contributed by atoms with Gasteiger partial charge in [0.1, 0.15) is 18.2 Å². The fraction of sp³-hybridized carbons (Fsp3) is 0.263. The van der Waals surface area contributed by atoms with Crippen LogP contribution in [0.1, 0.15) is 0 Å². The molecule has 0 atom stereocenters. The maximum absolute atomic E-state index is 13.9. The van der Waals surface area contributed by atoms with E-state index in [9.17, 15) is 26.8 Å². The van der Waals surface area contributed by atoms with Crippen LogP contribution in [-0.2, 0) is 21.4 Å². The van der Waals surface area contributed by atoms with Gasteiger partial charge in [-0.3, -0.25) is 9.36 Å². The molecule has 30 heavy (non-hydrogen) atoms. The molecule has 0 saturated carbocycles. The van der Waals surface area contributed by atoms with E-state index < -0.39 is 38.2 Å². The summed E-state index contributed by atoms with van der Waals surface area (Å²) in [4.78, 5) is 25.1. The van der Waals surface area contributed by atoms with E-state index in [0.717, 1.165) is 22.5 Å². The molecule has 0 spiro atoms. The van der Waals surface area contributed by atoms with E-state index in [-0.39, 0.29) is 32.7 Å². The quantitative estimate of drug-likeness (QED) is 0.615. The molecule has 1 saturated heterocycles. The lowest BCUT2D eigenvalue weighted by atomic mass is 10.3. The fourth-order valence-electron chi connectivity index (χ4n) is 3.43. The predicted octanol–water partition coefficient (Wildman–Crippen LogP) is 1.41. The minimum atomic E-state index is -4.38. The minimum Gasteiger partial charge on any atom is -0.408 e. The summed E-state index contributed by atoms with van der Waals surface area (Å²) in [6.07, 6.45) is 0. The second-order valence-corrected chi connectivity index (χ2v) is 8.63. The van der Waals surface area contributed by atoms with Crippen LogP contribution in [-0.4, -0.2) is 54.3 Å². The van der Waals surface area contributed by atoms with E-state index >= 15 is 0 Å². The number of oxazole rings is 1. The minimum absolute atomic E-state index is 0.0265. The van der Waals surface area contributed by atoms with Gasteiger partial charge in [-0.1, -0.05) is 18.2 Å². The van der Waals surface area contributed by atoms with Gasteiger partial charge in [-0.2, -0.15) is 4.31 Å². The van der Waals surface area contributed by atoms with Crippen LogP contribution in [0.5, 0.6) is 0 Å². The Hall–Kier alpha value is -3.05. The Morgan fingerprint density at radius 2 is 1.60 bits per heavy atom. The third-order valence-corrected chi connectivity index (χ3v) is 6.93. The van der Waals surface area contributed by atoms with Gasteiger partial charge in [-0.15, -0.1) is 0 Å². The predicted molar refractivity (Wildman–Crippen MR) is 102 cm³/mol. The Labute approximate surface area is 170 Å². The number of amides is 1. The standard InChI is InChI=1S/C19H17F2N3O5S/c20-13-4-3-5-14(21)18(13)30(27,28)23-10-8-22(9-11-23)17(25)12-24-15-6-1-2-7-16(15)29-19(24)26/h1-7H,8-12H2. The highest BCUT2D eigenvalue weighted by Gasteiger charge is 2.34. The molecule has 4 rings (SSSR count). The number of rotatable bonds is 4. The van der Waals surface area contributed by atoms with E-state index in [1.165, 1.54) is 9.47 Å². The third kappa shape index (κ3) is 3.50. The van der Waals surface area contributed by atoms with Crippen molar-refractivity contribution in [1.29, 1.82) is 0 Å². The summed E-state index contributed by atoms with van der Waals surface area (Å²) >= 11 is 0. The SMILES string of the molecule is O=C(Cn1c(=O)oc2ccccc21)N1CCN(S(=O)(=O)c2c(F)cccc2F)CC1. The van der Waals surface area contributed by atoms with Crippen molar-refractivity contribution in [3.63, 3.8) is 0 Å². The summed E-state index contributed by atoms with van der Waals surface area (Å²) < 4.78 is 60.4. The van der Waals surface area contributed by atoms with Gasteiger partial charge in [0.25, 0.3) is 0 Å². The number of nitrogens with zero attached hydrogens (tertiary/aromatic N) is 3. The Kier molecular flexibility index (Phi) is 5.16. The summed E-state index contributed by atoms with van der Waals surface area (Å²) in [6.45, 7) is -0.451. The average molecular weight is 437 g/mol. The van der Waals surface area contributed by atoms with Crippen LogP contribution in [0, 0.1) is 11.6 Å². The Bertz CT molecular complexity index is 1260. The topological polar surface area (TPSA) is 92.8 Å². The molecular weight excluding hydrogens is 420 g/mol. The van der Waals surface area contributed by atoms with Crippen molar-refractivity contribution in [2.75, 3.05) is 26.2 Å². The van der Waals surface area contributed by atoms with Crippen molar-refractivity contribution in [1.82, 2.24) is 13.8 Å². The van der Waals surface area contributed by atoms with Gasteiger partial charge in [0.15, 0.2) is 10.5 Å². The van der Waals surface area contributed by atoms with Crippen molar-refractivity contribution in [2.24, 2.45) is 0 Å². The zero-order chi connectivity index (χ0) is 21.5. The van der Waals surface area contributed by atoms with E-state index in [0.29, 0.717) is 11.1 Å². The van der Waals surface area contributed by atoms with Crippen molar-refractivity contribution in [3.8, 4) is 0 Å². The smallest absolute Gasteiger partial charge is 0.408 e. The normalized spacial score (nSPS) is 15.6. The molecule has 0 radical (unpaired) electrons. The molecule has 8 nitrogen and oxygen atoms in total. The number of halogens is 2. The molecule has 158 valence electrons. The molecule has 1 aliphatic heterocycles. The summed E-state index contributed by atoms with van der Waals surface area (Å²) in [5.74, 6) is -3.39. The van der Waals surface area contributed by atoms with E-state index in [1.54, 1.807) is 24.3 Å². The number of hydrogen-bond acceptors (Lipinski definition) is 5. The molecule has 2 heterocycles. The Morgan fingerprint density at radius 1 is 0.967 bits per heavy atom. The van der Waals surface area contributed by atoms with Crippen molar-refractivity contribution in [3.05, 3.63) is 64.6 Å². The molecule has 1 aromatic heterocycles. The number of para-hydroxylation sites is 2. The molecule has 0 unspecified atom stereocenters. The molecule has 0 N–H and O–H groups in total. The molecule has 0 aliphatic carbocycles. The highest BCUT2D eigenvalue weighted by Crippen LogP contribution is 2.23. The van der Waals surface area contributed by atoms with Gasteiger partial charge in [0.2, 0.25) is 15.9 Å². The van der Waals surface area contributed by atoms with Crippen molar-refractivity contribution >= 4 is 27.0 Å². The Balaban J connectivity index is 1.47. The Morgan fingerprint density at radius 3 is 2.27 bits per heavy atom. The van der Waals surface area contributed by atoms with Crippen molar-refractivity contribution in [2.45, 2.75) is 11.4 Å². The molecule has 11 heteroatoms. The zero-order valence-corrected chi connectivity index (χ0v) is 16.4. The van der Waals surface area contributed by atoms with Crippen molar-refractivity contribution < 1.29 is 26.4 Å². The number of sulfonamides is 1. The van der Waals surface area contributed by atoms with E-state index in [2.05, 4.69) is 0 Å². The van der Waals surface area contributed by atoms with Gasteiger partial charge in [-0.05, 0) is 24.3 Å². The number of carbonyl (C=O) groups excluding carboxylic acids is 1.